The first-order chi connectivity index (χ1) is 10.0. The number of carbonyl (C=O) groups excluding carboxylic acids is 1. The van der Waals surface area contributed by atoms with Crippen LogP contribution in [0.3, 0.4) is 0 Å². The van der Waals surface area contributed by atoms with E-state index in [9.17, 15) is 9.59 Å². The number of anilines is 1. The second kappa shape index (κ2) is 9.00. The summed E-state index contributed by atoms with van der Waals surface area (Å²) in [6.45, 7) is 2.66. The molecule has 0 aliphatic rings. The van der Waals surface area contributed by atoms with Gasteiger partial charge in [-0.15, -0.1) is 0 Å². The fraction of sp³-hybridized carbons (Fsp3) is 0.500. The fourth-order valence-electron chi connectivity index (χ4n) is 1.96. The number of aliphatic carboxylic acids is 1. The minimum atomic E-state index is -0.769. The number of nitrogens with one attached hydrogen (secondary N) is 1. The summed E-state index contributed by atoms with van der Waals surface area (Å²) < 4.78 is 0. The van der Waals surface area contributed by atoms with E-state index in [1.54, 1.807) is 11.9 Å². The third kappa shape index (κ3) is 6.29. The molecule has 21 heavy (non-hydrogen) atoms. The van der Waals surface area contributed by atoms with Crippen molar-refractivity contribution in [3.63, 3.8) is 0 Å². The second-order valence-electron chi connectivity index (χ2n) is 5.02. The molecule has 116 valence electrons. The summed E-state index contributed by atoms with van der Waals surface area (Å²) in [6.07, 6.45) is 3.42. The Morgan fingerprint density at radius 1 is 1.14 bits per heavy atom. The highest BCUT2D eigenvalue weighted by atomic mass is 16.4. The highest BCUT2D eigenvalue weighted by Crippen LogP contribution is 2.14. The maximum absolute atomic E-state index is 12.0. The number of carboxylic acid groups (broad SMARTS) is 1. The molecular formula is C16H24N2O3. The Morgan fingerprint density at radius 2 is 1.81 bits per heavy atom. The Balaban J connectivity index is 2.28. The number of amides is 2. The Morgan fingerprint density at radius 3 is 2.38 bits per heavy atom. The molecule has 1 rings (SSSR count). The predicted molar refractivity (Wildman–Crippen MR) is 83.7 cm³/mol. The molecule has 0 saturated heterocycles. The third-order valence-electron chi connectivity index (χ3n) is 3.38. The predicted octanol–water partition coefficient (Wildman–Crippen LogP) is 3.04. The Labute approximate surface area is 126 Å². The van der Waals surface area contributed by atoms with Gasteiger partial charge in [0.25, 0.3) is 0 Å². The molecule has 1 aromatic carbocycles. The minimum absolute atomic E-state index is 0.141. The van der Waals surface area contributed by atoms with Crippen LogP contribution in [0.15, 0.2) is 24.3 Å². The lowest BCUT2D eigenvalue weighted by atomic mass is 10.1. The standard InChI is InChI=1S/C16H24N2O3/c1-3-13-8-10-14(11-9-13)18(2)16(21)17-12-6-4-5-7-15(19)20/h8-11H,3-7,12H2,1-2H3,(H,17,21)(H,19,20). The summed E-state index contributed by atoms with van der Waals surface area (Å²) in [5.41, 5.74) is 2.10. The second-order valence-corrected chi connectivity index (χ2v) is 5.02. The number of carboxylic acids is 1. The molecule has 0 atom stereocenters. The van der Waals surface area contributed by atoms with E-state index < -0.39 is 5.97 Å². The summed E-state index contributed by atoms with van der Waals surface area (Å²) in [7, 11) is 1.74. The molecule has 5 heteroatoms. The monoisotopic (exact) mass is 292 g/mol. The Kier molecular flexibility index (Phi) is 7.29. The van der Waals surface area contributed by atoms with Crippen molar-refractivity contribution in [3.8, 4) is 0 Å². The van der Waals surface area contributed by atoms with Crippen LogP contribution in [0.2, 0.25) is 0 Å². The van der Waals surface area contributed by atoms with Crippen LogP contribution >= 0.6 is 0 Å². The number of aryl methyl sites for hydroxylation is 1. The SMILES string of the molecule is CCc1ccc(N(C)C(=O)NCCCCCC(=O)O)cc1. The van der Waals surface area contributed by atoms with Crippen LogP contribution in [0.4, 0.5) is 10.5 Å². The fourth-order valence-corrected chi connectivity index (χ4v) is 1.96. The number of rotatable bonds is 8. The number of unbranched alkanes of at least 4 members (excludes halogenated alkanes) is 2. The molecule has 2 amide bonds. The summed E-state index contributed by atoms with van der Waals surface area (Å²) >= 11 is 0. The molecule has 0 aromatic heterocycles. The van der Waals surface area contributed by atoms with Gasteiger partial charge >= 0.3 is 12.0 Å². The van der Waals surface area contributed by atoms with Gasteiger partial charge in [0.2, 0.25) is 0 Å². The number of urea groups is 1. The Bertz CT molecular complexity index is 457. The number of carbonyl (C=O) groups is 2. The van der Waals surface area contributed by atoms with E-state index in [1.165, 1.54) is 5.56 Å². The topological polar surface area (TPSA) is 69.6 Å². The van der Waals surface area contributed by atoms with Crippen LogP contribution in [-0.4, -0.2) is 30.7 Å². The number of hydrogen-bond donors (Lipinski definition) is 2. The van der Waals surface area contributed by atoms with E-state index in [4.69, 9.17) is 5.11 Å². The van der Waals surface area contributed by atoms with Gasteiger partial charge in [-0.25, -0.2) is 4.79 Å². The molecule has 0 heterocycles. The van der Waals surface area contributed by atoms with E-state index in [2.05, 4.69) is 12.2 Å². The van der Waals surface area contributed by atoms with E-state index in [1.807, 2.05) is 24.3 Å². The average molecular weight is 292 g/mol. The molecule has 5 nitrogen and oxygen atoms in total. The van der Waals surface area contributed by atoms with Gasteiger partial charge in [-0.1, -0.05) is 25.5 Å². The molecule has 0 aliphatic carbocycles. The summed E-state index contributed by atoms with van der Waals surface area (Å²) in [5.74, 6) is -0.769. The third-order valence-corrected chi connectivity index (χ3v) is 3.38. The minimum Gasteiger partial charge on any atom is -0.481 e. The molecule has 0 unspecified atom stereocenters. The molecule has 0 spiro atoms. The maximum Gasteiger partial charge on any atom is 0.321 e. The van der Waals surface area contributed by atoms with Gasteiger partial charge < -0.3 is 10.4 Å². The highest BCUT2D eigenvalue weighted by Gasteiger charge is 2.09. The van der Waals surface area contributed by atoms with Crippen molar-refractivity contribution in [2.24, 2.45) is 0 Å². The van der Waals surface area contributed by atoms with Gasteiger partial charge in [-0.3, -0.25) is 9.69 Å². The maximum atomic E-state index is 12.0. The van der Waals surface area contributed by atoms with E-state index in [0.717, 1.165) is 24.9 Å². The Hall–Kier alpha value is -2.04. The largest absolute Gasteiger partial charge is 0.481 e. The van der Waals surface area contributed by atoms with Crippen molar-refractivity contribution < 1.29 is 14.7 Å². The van der Waals surface area contributed by atoms with Crippen LogP contribution in [0, 0.1) is 0 Å². The van der Waals surface area contributed by atoms with Crippen LogP contribution in [0.1, 0.15) is 38.2 Å². The van der Waals surface area contributed by atoms with E-state index >= 15 is 0 Å². The van der Waals surface area contributed by atoms with Gasteiger partial charge in [0.1, 0.15) is 0 Å². The zero-order chi connectivity index (χ0) is 15.7. The van der Waals surface area contributed by atoms with Crippen LogP contribution in [-0.2, 0) is 11.2 Å². The lowest BCUT2D eigenvalue weighted by molar-refractivity contribution is -0.137. The van der Waals surface area contributed by atoms with E-state index in [-0.39, 0.29) is 12.5 Å². The zero-order valence-electron chi connectivity index (χ0n) is 12.8. The lowest BCUT2D eigenvalue weighted by Crippen LogP contribution is -2.37. The van der Waals surface area contributed by atoms with Gasteiger partial charge in [0.15, 0.2) is 0 Å². The first-order valence-electron chi connectivity index (χ1n) is 7.37. The van der Waals surface area contributed by atoms with Crippen molar-refractivity contribution in [2.45, 2.75) is 39.0 Å². The quantitative estimate of drug-likeness (QED) is 0.724. The first-order valence-corrected chi connectivity index (χ1v) is 7.37. The van der Waals surface area contributed by atoms with Gasteiger partial charge in [-0.2, -0.15) is 0 Å². The van der Waals surface area contributed by atoms with Gasteiger partial charge in [-0.05, 0) is 37.0 Å². The molecule has 1 aromatic rings. The summed E-state index contributed by atoms with van der Waals surface area (Å²) in [6, 6.07) is 7.77. The smallest absolute Gasteiger partial charge is 0.321 e. The van der Waals surface area contributed by atoms with Crippen LogP contribution in [0.5, 0.6) is 0 Å². The molecule has 0 fully saturated rings. The summed E-state index contributed by atoms with van der Waals surface area (Å²) in [5, 5.41) is 11.4. The van der Waals surface area contributed by atoms with E-state index in [0.29, 0.717) is 13.0 Å². The number of nitrogens with zero attached hydrogens (tertiary/aromatic N) is 1. The van der Waals surface area contributed by atoms with Crippen molar-refractivity contribution in [3.05, 3.63) is 29.8 Å². The highest BCUT2D eigenvalue weighted by molar-refractivity contribution is 5.91. The normalized spacial score (nSPS) is 10.2. The molecular weight excluding hydrogens is 268 g/mol. The average Bonchev–Trinajstić information content (AvgIpc) is 2.49. The van der Waals surface area contributed by atoms with Crippen molar-refractivity contribution in [1.29, 1.82) is 0 Å². The van der Waals surface area contributed by atoms with Crippen LogP contribution < -0.4 is 10.2 Å². The van der Waals surface area contributed by atoms with Crippen molar-refractivity contribution in [2.75, 3.05) is 18.5 Å². The van der Waals surface area contributed by atoms with Gasteiger partial charge in [0, 0.05) is 25.7 Å². The molecule has 2 N–H and O–H groups in total. The molecule has 0 aliphatic heterocycles. The molecule has 0 bridgehead atoms. The van der Waals surface area contributed by atoms with Gasteiger partial charge in [0.05, 0.1) is 0 Å². The summed E-state index contributed by atoms with van der Waals surface area (Å²) in [4.78, 5) is 23.9. The number of hydrogen-bond acceptors (Lipinski definition) is 2. The zero-order valence-corrected chi connectivity index (χ0v) is 12.8. The van der Waals surface area contributed by atoms with Crippen molar-refractivity contribution in [1.82, 2.24) is 5.32 Å². The lowest BCUT2D eigenvalue weighted by Gasteiger charge is -2.18. The van der Waals surface area contributed by atoms with Crippen LogP contribution in [0.25, 0.3) is 0 Å². The number of benzene rings is 1. The van der Waals surface area contributed by atoms with Crippen molar-refractivity contribution >= 4 is 17.7 Å². The first kappa shape index (κ1) is 17.0. The molecule has 0 saturated carbocycles. The molecule has 0 radical (unpaired) electrons.